The summed E-state index contributed by atoms with van der Waals surface area (Å²) in [7, 11) is 1.91. The summed E-state index contributed by atoms with van der Waals surface area (Å²) in [5.74, 6) is -0.116. The Hall–Kier alpha value is -2.57. The Morgan fingerprint density at radius 2 is 2.26 bits per heavy atom. The molecule has 1 spiro atoms. The molecule has 0 saturated carbocycles. The van der Waals surface area contributed by atoms with E-state index < -0.39 is 11.7 Å². The highest BCUT2D eigenvalue weighted by atomic mass is 16.6. The second-order valence-corrected chi connectivity index (χ2v) is 6.29. The van der Waals surface area contributed by atoms with Gasteiger partial charge in [-0.2, -0.15) is 0 Å². The SMILES string of the molecule is Cn1ccc2ccc(C(=O)N3CCCC4(CNC(=O)O4)C3)nc21. The van der Waals surface area contributed by atoms with Crippen LogP contribution in [0.3, 0.4) is 0 Å². The summed E-state index contributed by atoms with van der Waals surface area (Å²) in [4.78, 5) is 30.4. The first-order valence-electron chi connectivity index (χ1n) is 7.75. The van der Waals surface area contributed by atoms with E-state index in [0.717, 1.165) is 23.9 Å². The van der Waals surface area contributed by atoms with Crippen molar-refractivity contribution >= 4 is 23.0 Å². The number of hydrogen-bond acceptors (Lipinski definition) is 4. The molecule has 2 aliphatic rings. The maximum atomic E-state index is 12.8. The van der Waals surface area contributed by atoms with Crippen molar-refractivity contribution in [2.45, 2.75) is 18.4 Å². The molecular formula is C16H18N4O3. The van der Waals surface area contributed by atoms with E-state index in [1.807, 2.05) is 29.9 Å². The Labute approximate surface area is 133 Å². The van der Waals surface area contributed by atoms with Crippen LogP contribution >= 0.6 is 0 Å². The topological polar surface area (TPSA) is 76.5 Å². The fraction of sp³-hybridized carbons (Fsp3) is 0.438. The summed E-state index contributed by atoms with van der Waals surface area (Å²) in [6.07, 6.45) is 3.11. The fourth-order valence-corrected chi connectivity index (χ4v) is 3.42. The number of aromatic nitrogens is 2. The Kier molecular flexibility index (Phi) is 3.04. The molecule has 0 radical (unpaired) electrons. The van der Waals surface area contributed by atoms with Crippen LogP contribution in [0.5, 0.6) is 0 Å². The quantitative estimate of drug-likeness (QED) is 0.860. The van der Waals surface area contributed by atoms with E-state index in [1.165, 1.54) is 0 Å². The molecule has 120 valence electrons. The molecule has 7 nitrogen and oxygen atoms in total. The average Bonchev–Trinajstić information content (AvgIpc) is 3.10. The predicted octanol–water partition coefficient (Wildman–Crippen LogP) is 1.29. The smallest absolute Gasteiger partial charge is 0.407 e. The van der Waals surface area contributed by atoms with E-state index in [9.17, 15) is 9.59 Å². The van der Waals surface area contributed by atoms with E-state index in [1.54, 1.807) is 11.0 Å². The number of nitrogens with zero attached hydrogens (tertiary/aromatic N) is 3. The highest BCUT2D eigenvalue weighted by molar-refractivity contribution is 5.94. The highest BCUT2D eigenvalue weighted by Crippen LogP contribution is 2.29. The van der Waals surface area contributed by atoms with Gasteiger partial charge in [-0.1, -0.05) is 0 Å². The zero-order valence-electron chi connectivity index (χ0n) is 12.9. The largest absolute Gasteiger partial charge is 0.439 e. The lowest BCUT2D eigenvalue weighted by Gasteiger charge is -2.37. The number of rotatable bonds is 1. The Morgan fingerprint density at radius 1 is 1.39 bits per heavy atom. The second kappa shape index (κ2) is 4.97. The standard InChI is InChI=1S/C16H18N4O3/c1-19-8-5-11-3-4-12(18-13(11)19)14(21)20-7-2-6-16(10-20)9-17-15(22)23-16/h3-5,8H,2,6-7,9-10H2,1H3,(H,17,22). The first kappa shape index (κ1) is 14.0. The van der Waals surface area contributed by atoms with Gasteiger partial charge in [-0.05, 0) is 31.0 Å². The number of carbonyl (C=O) groups is 2. The average molecular weight is 314 g/mol. The molecule has 7 heteroatoms. The van der Waals surface area contributed by atoms with Crippen LogP contribution in [0.15, 0.2) is 24.4 Å². The van der Waals surface area contributed by atoms with Gasteiger partial charge in [-0.3, -0.25) is 4.79 Å². The molecule has 2 aromatic heterocycles. The molecule has 1 N–H and O–H groups in total. The number of carbonyl (C=O) groups excluding carboxylic acids is 2. The molecule has 4 rings (SSSR count). The van der Waals surface area contributed by atoms with Crippen LogP contribution in [0.4, 0.5) is 4.79 Å². The van der Waals surface area contributed by atoms with Crippen molar-refractivity contribution in [3.05, 3.63) is 30.1 Å². The number of piperidine rings is 1. The van der Waals surface area contributed by atoms with Crippen LogP contribution in [-0.4, -0.2) is 51.7 Å². The van der Waals surface area contributed by atoms with Gasteiger partial charge in [-0.25, -0.2) is 9.78 Å². The minimum Gasteiger partial charge on any atom is -0.439 e. The number of nitrogens with one attached hydrogen (secondary N) is 1. The van der Waals surface area contributed by atoms with Crippen molar-refractivity contribution in [2.24, 2.45) is 7.05 Å². The van der Waals surface area contributed by atoms with Crippen LogP contribution in [-0.2, 0) is 11.8 Å². The normalized spacial score (nSPS) is 24.0. The summed E-state index contributed by atoms with van der Waals surface area (Å²) in [5, 5.41) is 3.70. The van der Waals surface area contributed by atoms with E-state index in [4.69, 9.17) is 4.74 Å². The number of amides is 2. The van der Waals surface area contributed by atoms with Crippen LogP contribution < -0.4 is 5.32 Å². The van der Waals surface area contributed by atoms with Crippen molar-refractivity contribution in [3.63, 3.8) is 0 Å². The molecule has 0 aromatic carbocycles. The van der Waals surface area contributed by atoms with E-state index in [0.29, 0.717) is 25.3 Å². The number of likely N-dealkylation sites (tertiary alicyclic amines) is 1. The molecule has 2 fully saturated rings. The van der Waals surface area contributed by atoms with Gasteiger partial charge < -0.3 is 19.5 Å². The van der Waals surface area contributed by atoms with Crippen LogP contribution in [0.1, 0.15) is 23.3 Å². The van der Waals surface area contributed by atoms with Gasteiger partial charge in [0.2, 0.25) is 0 Å². The molecule has 23 heavy (non-hydrogen) atoms. The van der Waals surface area contributed by atoms with Gasteiger partial charge in [0.05, 0.1) is 13.1 Å². The summed E-state index contributed by atoms with van der Waals surface area (Å²) in [6, 6.07) is 5.63. The molecule has 0 bridgehead atoms. The minimum absolute atomic E-state index is 0.116. The van der Waals surface area contributed by atoms with Crippen molar-refractivity contribution < 1.29 is 14.3 Å². The number of fused-ring (bicyclic) bond motifs is 1. The number of aryl methyl sites for hydroxylation is 1. The zero-order chi connectivity index (χ0) is 16.0. The van der Waals surface area contributed by atoms with Crippen molar-refractivity contribution in [3.8, 4) is 0 Å². The summed E-state index contributed by atoms with van der Waals surface area (Å²) < 4.78 is 7.31. The molecular weight excluding hydrogens is 296 g/mol. The van der Waals surface area contributed by atoms with Gasteiger partial charge in [-0.15, -0.1) is 0 Å². The van der Waals surface area contributed by atoms with Crippen molar-refractivity contribution in [1.82, 2.24) is 19.8 Å². The maximum absolute atomic E-state index is 12.8. The summed E-state index contributed by atoms with van der Waals surface area (Å²) >= 11 is 0. The lowest BCUT2D eigenvalue weighted by Crippen LogP contribution is -2.52. The highest BCUT2D eigenvalue weighted by Gasteiger charge is 2.45. The second-order valence-electron chi connectivity index (χ2n) is 6.29. The molecule has 2 amide bonds. The minimum atomic E-state index is -0.583. The molecule has 2 aliphatic heterocycles. The lowest BCUT2D eigenvalue weighted by molar-refractivity contribution is -0.00522. The molecule has 1 unspecified atom stereocenters. The Bertz CT molecular complexity index is 800. The third-order valence-electron chi connectivity index (χ3n) is 4.63. The molecule has 1 atom stereocenters. The molecule has 4 heterocycles. The fourth-order valence-electron chi connectivity index (χ4n) is 3.42. The predicted molar refractivity (Wildman–Crippen MR) is 83.1 cm³/mol. The van der Waals surface area contributed by atoms with E-state index in [2.05, 4.69) is 10.3 Å². The van der Waals surface area contributed by atoms with Crippen LogP contribution in [0, 0.1) is 0 Å². The third-order valence-corrected chi connectivity index (χ3v) is 4.63. The maximum Gasteiger partial charge on any atom is 0.407 e. The van der Waals surface area contributed by atoms with Gasteiger partial charge >= 0.3 is 6.09 Å². The van der Waals surface area contributed by atoms with Gasteiger partial charge in [0, 0.05) is 25.2 Å². The van der Waals surface area contributed by atoms with E-state index in [-0.39, 0.29) is 5.91 Å². The number of pyridine rings is 1. The number of alkyl carbamates (subject to hydrolysis) is 1. The Morgan fingerprint density at radius 3 is 3.04 bits per heavy atom. The first-order valence-corrected chi connectivity index (χ1v) is 7.75. The van der Waals surface area contributed by atoms with Crippen molar-refractivity contribution in [1.29, 1.82) is 0 Å². The molecule has 2 saturated heterocycles. The molecule has 0 aliphatic carbocycles. The van der Waals surface area contributed by atoms with Crippen molar-refractivity contribution in [2.75, 3.05) is 19.6 Å². The van der Waals surface area contributed by atoms with Crippen LogP contribution in [0.2, 0.25) is 0 Å². The van der Waals surface area contributed by atoms with Gasteiger partial charge in [0.25, 0.3) is 5.91 Å². The first-order chi connectivity index (χ1) is 11.1. The lowest BCUT2D eigenvalue weighted by atomic mass is 9.93. The summed E-state index contributed by atoms with van der Waals surface area (Å²) in [6.45, 7) is 1.53. The van der Waals surface area contributed by atoms with E-state index >= 15 is 0 Å². The van der Waals surface area contributed by atoms with Gasteiger partial charge in [0.1, 0.15) is 16.9 Å². The monoisotopic (exact) mass is 314 g/mol. The van der Waals surface area contributed by atoms with Gasteiger partial charge in [0.15, 0.2) is 0 Å². The Balaban J connectivity index is 1.59. The number of hydrogen-bond donors (Lipinski definition) is 1. The number of ether oxygens (including phenoxy) is 1. The zero-order valence-corrected chi connectivity index (χ0v) is 12.9. The van der Waals surface area contributed by atoms with Crippen LogP contribution in [0.25, 0.3) is 11.0 Å². The molecule has 2 aromatic rings. The summed E-state index contributed by atoms with van der Waals surface area (Å²) in [5.41, 5.74) is 0.630. The third kappa shape index (κ3) is 2.32.